The van der Waals surface area contributed by atoms with Gasteiger partial charge in [0.1, 0.15) is 5.65 Å². The number of aliphatic imine (C=N–C) groups is 1. The fraction of sp³-hybridized carbons (Fsp3) is 0.217. The van der Waals surface area contributed by atoms with Crippen molar-refractivity contribution in [2.75, 3.05) is 13.2 Å². The Hall–Kier alpha value is -2.60. The summed E-state index contributed by atoms with van der Waals surface area (Å²) in [5.74, 6) is -0.0801. The average Bonchev–Trinajstić information content (AvgIpc) is 3.14. The Labute approximate surface area is 186 Å². The molecule has 2 aromatic heterocycles. The fourth-order valence-electron chi connectivity index (χ4n) is 3.43. The number of halogens is 2. The molecule has 0 spiro atoms. The van der Waals surface area contributed by atoms with Gasteiger partial charge in [0, 0.05) is 52.3 Å². The lowest BCUT2D eigenvalue weighted by molar-refractivity contribution is 0.307. The topological polar surface area (TPSA) is 87.3 Å². The first-order chi connectivity index (χ1) is 14.4. The fourth-order valence-corrected chi connectivity index (χ4v) is 4.28. The zero-order chi connectivity index (χ0) is 21.8. The van der Waals surface area contributed by atoms with Crippen molar-refractivity contribution in [3.63, 3.8) is 0 Å². The van der Waals surface area contributed by atoms with E-state index < -0.39 is 0 Å². The number of aromatic amines is 1. The van der Waals surface area contributed by atoms with Crippen LogP contribution in [0.4, 0.5) is 0 Å². The van der Waals surface area contributed by atoms with Crippen molar-refractivity contribution in [2.24, 2.45) is 10.7 Å². The van der Waals surface area contributed by atoms with Gasteiger partial charge in [0.25, 0.3) is 0 Å². The number of aromatic nitrogens is 2. The van der Waals surface area contributed by atoms with E-state index >= 15 is 0 Å². The molecule has 0 amide bonds. The maximum Gasteiger partial charge on any atom is 0.137 e. The first-order valence-electron chi connectivity index (χ1n) is 9.52. The second-order valence-electron chi connectivity index (χ2n) is 7.07. The van der Waals surface area contributed by atoms with Gasteiger partial charge in [-0.3, -0.25) is 4.99 Å². The van der Waals surface area contributed by atoms with Crippen LogP contribution in [0.25, 0.3) is 22.2 Å². The molecule has 3 rings (SSSR count). The number of nitrogens with two attached hydrogens (primary N) is 1. The first kappa shape index (κ1) is 22.1. The average molecular weight is 443 g/mol. The molecule has 2 heterocycles. The van der Waals surface area contributed by atoms with Gasteiger partial charge in [-0.25, -0.2) is 4.98 Å². The van der Waals surface area contributed by atoms with Gasteiger partial charge >= 0.3 is 0 Å². The Kier molecular flexibility index (Phi) is 6.98. The predicted molar refractivity (Wildman–Crippen MR) is 127 cm³/mol. The van der Waals surface area contributed by atoms with Gasteiger partial charge in [0.15, 0.2) is 0 Å². The van der Waals surface area contributed by atoms with E-state index in [0.717, 1.165) is 44.4 Å². The predicted octanol–water partition coefficient (Wildman–Crippen LogP) is 5.42. The number of aliphatic hydroxyl groups excluding tert-OH is 1. The number of hydrogen-bond acceptors (Lipinski definition) is 4. The number of nitrogens with zero attached hydrogens (tertiary/aromatic N) is 2. The van der Waals surface area contributed by atoms with E-state index in [1.807, 2.05) is 31.3 Å². The first-order valence-corrected chi connectivity index (χ1v) is 10.3. The third-order valence-corrected chi connectivity index (χ3v) is 5.76. The largest absolute Gasteiger partial charge is 0.404 e. The SMILES string of the molecule is C=C(C)c1ccc(Cl)c(C(C)c2c[nH]c3ncc(C(C=NCCO)=CN)cc23)c1Cl. The van der Waals surface area contributed by atoms with Gasteiger partial charge in [-0.05, 0) is 41.3 Å². The van der Waals surface area contributed by atoms with Crippen LogP contribution < -0.4 is 5.73 Å². The van der Waals surface area contributed by atoms with Gasteiger partial charge < -0.3 is 15.8 Å². The van der Waals surface area contributed by atoms with Crippen molar-refractivity contribution in [1.29, 1.82) is 0 Å². The standard InChI is InChI=1S/C23H24Cl2N4O/c1-13(2)17-4-5-20(24)21(22(17)25)14(3)19-12-29-23-18(19)8-15(11-28-23)16(9-26)10-27-6-7-30/h4-5,8-12,14,30H,1,6-7,26H2,2-3H3,(H,28,29). The molecule has 0 saturated heterocycles. The molecule has 4 N–H and O–H groups in total. The number of nitrogens with one attached hydrogen (secondary N) is 1. The van der Waals surface area contributed by atoms with E-state index in [-0.39, 0.29) is 12.5 Å². The van der Waals surface area contributed by atoms with Crippen molar-refractivity contribution >= 4 is 51.6 Å². The second-order valence-corrected chi connectivity index (χ2v) is 7.85. The Bertz CT molecular complexity index is 1150. The molecule has 156 valence electrons. The van der Waals surface area contributed by atoms with E-state index in [1.54, 1.807) is 12.4 Å². The number of allylic oxidation sites excluding steroid dienone is 2. The molecular formula is C23H24Cl2N4O. The Balaban J connectivity index is 2.09. The third kappa shape index (κ3) is 4.29. The maximum atomic E-state index is 8.93. The van der Waals surface area contributed by atoms with E-state index in [2.05, 4.69) is 28.5 Å². The highest BCUT2D eigenvalue weighted by Gasteiger charge is 2.21. The quantitative estimate of drug-likeness (QED) is 0.427. The summed E-state index contributed by atoms with van der Waals surface area (Å²) in [5.41, 5.74) is 11.7. The molecule has 30 heavy (non-hydrogen) atoms. The minimum absolute atomic E-state index is 0.0180. The van der Waals surface area contributed by atoms with Crippen LogP contribution in [0.3, 0.4) is 0 Å². The lowest BCUT2D eigenvalue weighted by Gasteiger charge is -2.18. The van der Waals surface area contributed by atoms with Crippen molar-refractivity contribution < 1.29 is 5.11 Å². The Morgan fingerprint density at radius 2 is 2.17 bits per heavy atom. The maximum absolute atomic E-state index is 8.93. The molecule has 0 fully saturated rings. The molecule has 1 unspecified atom stereocenters. The minimum Gasteiger partial charge on any atom is -0.404 e. The van der Waals surface area contributed by atoms with Crippen LogP contribution in [-0.4, -0.2) is 34.4 Å². The number of aliphatic hydroxyl groups is 1. The number of pyridine rings is 1. The summed E-state index contributed by atoms with van der Waals surface area (Å²) in [6, 6.07) is 5.76. The highest BCUT2D eigenvalue weighted by atomic mass is 35.5. The lowest BCUT2D eigenvalue weighted by atomic mass is 9.90. The summed E-state index contributed by atoms with van der Waals surface area (Å²) in [6.07, 6.45) is 6.78. The molecule has 0 saturated carbocycles. The molecule has 3 aromatic rings. The van der Waals surface area contributed by atoms with Gasteiger partial charge in [-0.1, -0.05) is 42.8 Å². The summed E-state index contributed by atoms with van der Waals surface area (Å²) in [7, 11) is 0. The summed E-state index contributed by atoms with van der Waals surface area (Å²) in [6.45, 7) is 8.29. The van der Waals surface area contributed by atoms with E-state index in [1.165, 1.54) is 6.20 Å². The van der Waals surface area contributed by atoms with Crippen molar-refractivity contribution in [2.45, 2.75) is 19.8 Å². The van der Waals surface area contributed by atoms with Crippen LogP contribution in [-0.2, 0) is 0 Å². The van der Waals surface area contributed by atoms with Gasteiger partial charge in [-0.2, -0.15) is 0 Å². The van der Waals surface area contributed by atoms with Crippen LogP contribution in [0.5, 0.6) is 0 Å². The molecule has 1 aromatic carbocycles. The van der Waals surface area contributed by atoms with Crippen LogP contribution in [0.15, 0.2) is 48.4 Å². The van der Waals surface area contributed by atoms with Crippen LogP contribution in [0.1, 0.15) is 42.0 Å². The van der Waals surface area contributed by atoms with Gasteiger partial charge in [0.05, 0.1) is 18.2 Å². The summed E-state index contributed by atoms with van der Waals surface area (Å²) < 4.78 is 0. The van der Waals surface area contributed by atoms with Gasteiger partial charge in [0.2, 0.25) is 0 Å². The molecule has 5 nitrogen and oxygen atoms in total. The third-order valence-electron chi connectivity index (χ3n) is 5.02. The molecule has 1 atom stereocenters. The van der Waals surface area contributed by atoms with Crippen molar-refractivity contribution in [1.82, 2.24) is 9.97 Å². The van der Waals surface area contributed by atoms with Crippen LogP contribution in [0.2, 0.25) is 10.0 Å². The zero-order valence-corrected chi connectivity index (χ0v) is 18.4. The second kappa shape index (κ2) is 9.47. The molecule has 0 aliphatic carbocycles. The molecule has 7 heteroatoms. The van der Waals surface area contributed by atoms with Crippen LogP contribution in [0, 0.1) is 0 Å². The number of fused-ring (bicyclic) bond motifs is 1. The van der Waals surface area contributed by atoms with Crippen molar-refractivity contribution in [3.05, 3.63) is 75.7 Å². The molecule has 0 aliphatic rings. The smallest absolute Gasteiger partial charge is 0.137 e. The zero-order valence-electron chi connectivity index (χ0n) is 16.9. The van der Waals surface area contributed by atoms with Crippen molar-refractivity contribution in [3.8, 4) is 0 Å². The summed E-state index contributed by atoms with van der Waals surface area (Å²) in [5, 5.41) is 11.1. The summed E-state index contributed by atoms with van der Waals surface area (Å²) >= 11 is 13.3. The molecule has 0 aliphatic heterocycles. The lowest BCUT2D eigenvalue weighted by Crippen LogP contribution is -2.00. The summed E-state index contributed by atoms with van der Waals surface area (Å²) in [4.78, 5) is 11.9. The Morgan fingerprint density at radius 3 is 2.83 bits per heavy atom. The monoisotopic (exact) mass is 442 g/mol. The van der Waals surface area contributed by atoms with E-state index in [4.69, 9.17) is 34.0 Å². The molecular weight excluding hydrogens is 419 g/mol. The number of hydrogen-bond donors (Lipinski definition) is 3. The normalized spacial score (nSPS) is 13.3. The molecule has 0 radical (unpaired) electrons. The van der Waals surface area contributed by atoms with Crippen LogP contribution >= 0.6 is 23.2 Å². The van der Waals surface area contributed by atoms with E-state index in [9.17, 15) is 0 Å². The Morgan fingerprint density at radius 1 is 1.40 bits per heavy atom. The van der Waals surface area contributed by atoms with E-state index in [0.29, 0.717) is 16.6 Å². The number of rotatable bonds is 7. The number of benzene rings is 1. The highest BCUT2D eigenvalue weighted by Crippen LogP contribution is 2.41. The minimum atomic E-state index is -0.0801. The highest BCUT2D eigenvalue weighted by molar-refractivity contribution is 6.37. The molecule has 0 bridgehead atoms. The number of H-pyrrole nitrogens is 1. The van der Waals surface area contributed by atoms with Gasteiger partial charge in [-0.15, -0.1) is 0 Å².